The Morgan fingerprint density at radius 3 is 2.96 bits per heavy atom. The highest BCUT2D eigenvalue weighted by Gasteiger charge is 2.32. The lowest BCUT2D eigenvalue weighted by molar-refractivity contribution is 0.0619. The van der Waals surface area contributed by atoms with E-state index in [2.05, 4.69) is 20.4 Å². The Bertz CT molecular complexity index is 954. The summed E-state index contributed by atoms with van der Waals surface area (Å²) in [6.45, 7) is 3.85. The molecule has 0 saturated carbocycles. The van der Waals surface area contributed by atoms with Crippen LogP contribution in [0.2, 0.25) is 0 Å². The van der Waals surface area contributed by atoms with Gasteiger partial charge in [0, 0.05) is 37.1 Å². The minimum absolute atomic E-state index is 0.145. The molecular formula is C18H20N6O2. The van der Waals surface area contributed by atoms with E-state index in [4.69, 9.17) is 4.74 Å². The maximum Gasteiger partial charge on any atom is 0.294 e. The van der Waals surface area contributed by atoms with Crippen LogP contribution in [-0.2, 0) is 0 Å². The zero-order valence-electron chi connectivity index (χ0n) is 14.7. The van der Waals surface area contributed by atoms with Gasteiger partial charge in [-0.15, -0.1) is 5.10 Å². The summed E-state index contributed by atoms with van der Waals surface area (Å²) >= 11 is 0. The second kappa shape index (κ2) is 6.72. The van der Waals surface area contributed by atoms with Gasteiger partial charge in [-0.1, -0.05) is 18.2 Å². The number of ether oxygens (including phenoxy) is 1. The predicted octanol–water partition coefficient (Wildman–Crippen LogP) is 1.23. The average Bonchev–Trinajstić information content (AvgIpc) is 3.13. The molecule has 1 saturated heterocycles. The van der Waals surface area contributed by atoms with Crippen molar-refractivity contribution in [2.45, 2.75) is 13.0 Å². The fraction of sp³-hybridized carbons (Fsp3) is 0.333. The largest absolute Gasteiger partial charge is 0.496 e. The van der Waals surface area contributed by atoms with Crippen LogP contribution in [0.5, 0.6) is 5.75 Å². The van der Waals surface area contributed by atoms with E-state index in [0.717, 1.165) is 23.6 Å². The zero-order valence-corrected chi connectivity index (χ0v) is 14.7. The molecule has 8 nitrogen and oxygen atoms in total. The van der Waals surface area contributed by atoms with Crippen molar-refractivity contribution in [1.29, 1.82) is 0 Å². The molecule has 4 rings (SSSR count). The number of hydrogen-bond acceptors (Lipinski definition) is 6. The Labute approximate surface area is 150 Å². The Morgan fingerprint density at radius 2 is 2.15 bits per heavy atom. The minimum atomic E-state index is -0.202. The van der Waals surface area contributed by atoms with Gasteiger partial charge >= 0.3 is 0 Å². The standard InChI is InChI=1S/C18H20N6O2/c1-12-7-8-20-18-21-16(22-24(12)18)17(25)23-10-9-19-11-14(23)13-5-3-4-6-15(13)26-2/h3-8,14,19H,9-11H2,1-2H3. The van der Waals surface area contributed by atoms with Gasteiger partial charge in [-0.25, -0.2) is 9.50 Å². The van der Waals surface area contributed by atoms with Crippen molar-refractivity contribution in [3.63, 3.8) is 0 Å². The van der Waals surface area contributed by atoms with Crippen LogP contribution in [0, 0.1) is 6.92 Å². The van der Waals surface area contributed by atoms with Gasteiger partial charge in [0.05, 0.1) is 13.2 Å². The lowest BCUT2D eigenvalue weighted by atomic mass is 10.0. The first-order chi connectivity index (χ1) is 12.7. The van der Waals surface area contributed by atoms with Crippen molar-refractivity contribution >= 4 is 11.7 Å². The SMILES string of the molecule is COc1ccccc1C1CNCCN1C(=O)c1nc2nccc(C)n2n1. The molecule has 1 fully saturated rings. The predicted molar refractivity (Wildman–Crippen MR) is 95.2 cm³/mol. The maximum absolute atomic E-state index is 13.2. The molecule has 134 valence electrons. The van der Waals surface area contributed by atoms with E-state index >= 15 is 0 Å². The molecule has 1 N–H and O–H groups in total. The van der Waals surface area contributed by atoms with Crippen molar-refractivity contribution in [1.82, 2.24) is 29.8 Å². The van der Waals surface area contributed by atoms with Crippen LogP contribution in [0.4, 0.5) is 0 Å². The summed E-state index contributed by atoms with van der Waals surface area (Å²) in [5, 5.41) is 7.71. The molecule has 1 aliphatic rings. The average molecular weight is 352 g/mol. The van der Waals surface area contributed by atoms with Gasteiger partial charge < -0.3 is 15.0 Å². The first kappa shape index (κ1) is 16.5. The third-order valence-corrected chi connectivity index (χ3v) is 4.62. The summed E-state index contributed by atoms with van der Waals surface area (Å²) in [5.74, 6) is 1.15. The summed E-state index contributed by atoms with van der Waals surface area (Å²) in [4.78, 5) is 23.5. The lowest BCUT2D eigenvalue weighted by Crippen LogP contribution is -2.49. The van der Waals surface area contributed by atoms with Gasteiger partial charge in [0.25, 0.3) is 11.7 Å². The number of fused-ring (bicyclic) bond motifs is 1. The second-order valence-corrected chi connectivity index (χ2v) is 6.19. The normalized spacial score (nSPS) is 17.5. The summed E-state index contributed by atoms with van der Waals surface area (Å²) in [7, 11) is 1.64. The van der Waals surface area contributed by atoms with Crippen molar-refractivity contribution in [3.05, 3.63) is 53.6 Å². The lowest BCUT2D eigenvalue weighted by Gasteiger charge is -2.36. The number of carbonyl (C=O) groups excluding carboxylic acids is 1. The van der Waals surface area contributed by atoms with Crippen LogP contribution in [-0.4, -0.2) is 57.1 Å². The third kappa shape index (κ3) is 2.78. The van der Waals surface area contributed by atoms with Gasteiger partial charge in [-0.3, -0.25) is 4.79 Å². The number of aryl methyl sites for hydroxylation is 1. The first-order valence-corrected chi connectivity index (χ1v) is 8.52. The molecule has 26 heavy (non-hydrogen) atoms. The molecular weight excluding hydrogens is 332 g/mol. The van der Waals surface area contributed by atoms with Crippen LogP contribution in [0.25, 0.3) is 5.78 Å². The van der Waals surface area contributed by atoms with Gasteiger partial charge in [0.15, 0.2) is 0 Å². The molecule has 1 atom stereocenters. The fourth-order valence-electron chi connectivity index (χ4n) is 3.29. The van der Waals surface area contributed by atoms with Gasteiger partial charge in [-0.05, 0) is 19.1 Å². The molecule has 8 heteroatoms. The number of nitrogens with zero attached hydrogens (tertiary/aromatic N) is 5. The number of piperazine rings is 1. The number of methoxy groups -OCH3 is 1. The number of hydrogen-bond donors (Lipinski definition) is 1. The topological polar surface area (TPSA) is 84.6 Å². The highest BCUT2D eigenvalue weighted by molar-refractivity contribution is 5.91. The van der Waals surface area contributed by atoms with Crippen LogP contribution in [0.3, 0.4) is 0 Å². The number of rotatable bonds is 3. The third-order valence-electron chi connectivity index (χ3n) is 4.62. The number of benzene rings is 1. The van der Waals surface area contributed by atoms with E-state index < -0.39 is 0 Å². The molecule has 2 aromatic heterocycles. The highest BCUT2D eigenvalue weighted by Crippen LogP contribution is 2.30. The number of para-hydroxylation sites is 1. The van der Waals surface area contributed by atoms with Gasteiger partial charge in [0.2, 0.25) is 5.82 Å². The zero-order chi connectivity index (χ0) is 18.1. The molecule has 1 aliphatic heterocycles. The minimum Gasteiger partial charge on any atom is -0.496 e. The van der Waals surface area contributed by atoms with Crippen molar-refractivity contribution in [3.8, 4) is 5.75 Å². The number of carbonyl (C=O) groups is 1. The van der Waals surface area contributed by atoms with Gasteiger partial charge in [0.1, 0.15) is 5.75 Å². The number of aromatic nitrogens is 4. The molecule has 3 heterocycles. The smallest absolute Gasteiger partial charge is 0.294 e. The van der Waals surface area contributed by atoms with Crippen LogP contribution in [0.1, 0.15) is 27.9 Å². The summed E-state index contributed by atoms with van der Waals surface area (Å²) in [6.07, 6.45) is 1.66. The Morgan fingerprint density at radius 1 is 1.31 bits per heavy atom. The highest BCUT2D eigenvalue weighted by atomic mass is 16.5. The Kier molecular flexibility index (Phi) is 4.26. The molecule has 0 radical (unpaired) electrons. The molecule has 0 aliphatic carbocycles. The van der Waals surface area contributed by atoms with Crippen molar-refractivity contribution < 1.29 is 9.53 Å². The van der Waals surface area contributed by atoms with Crippen LogP contribution in [0.15, 0.2) is 36.5 Å². The number of amides is 1. The van der Waals surface area contributed by atoms with E-state index in [-0.39, 0.29) is 17.8 Å². The second-order valence-electron chi connectivity index (χ2n) is 6.19. The molecule has 3 aromatic rings. The first-order valence-electron chi connectivity index (χ1n) is 8.52. The quantitative estimate of drug-likeness (QED) is 0.763. The molecule has 1 amide bonds. The van der Waals surface area contributed by atoms with E-state index in [9.17, 15) is 4.79 Å². The van der Waals surface area contributed by atoms with E-state index in [1.54, 1.807) is 22.7 Å². The maximum atomic E-state index is 13.2. The van der Waals surface area contributed by atoms with E-state index in [0.29, 0.717) is 18.9 Å². The molecule has 1 unspecified atom stereocenters. The van der Waals surface area contributed by atoms with Gasteiger partial charge in [-0.2, -0.15) is 4.98 Å². The summed E-state index contributed by atoms with van der Waals surface area (Å²) in [5.41, 5.74) is 1.84. The van der Waals surface area contributed by atoms with Crippen LogP contribution >= 0.6 is 0 Å². The Balaban J connectivity index is 1.71. The molecule has 0 bridgehead atoms. The molecule has 0 spiro atoms. The fourth-order valence-corrected chi connectivity index (χ4v) is 3.29. The van der Waals surface area contributed by atoms with E-state index in [1.807, 2.05) is 37.3 Å². The van der Waals surface area contributed by atoms with E-state index in [1.165, 1.54) is 0 Å². The monoisotopic (exact) mass is 352 g/mol. The molecule has 1 aromatic carbocycles. The summed E-state index contributed by atoms with van der Waals surface area (Å²) < 4.78 is 7.08. The number of nitrogens with one attached hydrogen (secondary N) is 1. The van der Waals surface area contributed by atoms with Crippen LogP contribution < -0.4 is 10.1 Å². The van der Waals surface area contributed by atoms with Crippen molar-refractivity contribution in [2.75, 3.05) is 26.7 Å². The van der Waals surface area contributed by atoms with Crippen molar-refractivity contribution in [2.24, 2.45) is 0 Å². The summed E-state index contributed by atoms with van der Waals surface area (Å²) in [6, 6.07) is 9.45. The Hall–Kier alpha value is -3.00.